The van der Waals surface area contributed by atoms with Gasteiger partial charge in [0.25, 0.3) is 0 Å². The van der Waals surface area contributed by atoms with E-state index in [1.54, 1.807) is 6.92 Å². The van der Waals surface area contributed by atoms with Crippen LogP contribution < -0.4 is 0 Å². The van der Waals surface area contributed by atoms with Crippen molar-refractivity contribution < 1.29 is 22.3 Å². The molecular formula is C18H23FN2O4S. The van der Waals surface area contributed by atoms with Crippen molar-refractivity contribution >= 4 is 15.9 Å². The zero-order chi connectivity index (χ0) is 18.5. The van der Waals surface area contributed by atoms with Crippen molar-refractivity contribution in [3.63, 3.8) is 0 Å². The number of carbonyl (C=O) groups is 1. The lowest BCUT2D eigenvalue weighted by Gasteiger charge is -2.42. The van der Waals surface area contributed by atoms with Crippen LogP contribution in [0.2, 0.25) is 0 Å². The van der Waals surface area contributed by atoms with Crippen molar-refractivity contribution in [3.8, 4) is 0 Å². The molecule has 0 N–H and O–H groups in total. The van der Waals surface area contributed by atoms with E-state index in [0.29, 0.717) is 38.1 Å². The van der Waals surface area contributed by atoms with Gasteiger partial charge in [0.1, 0.15) is 11.5 Å². The van der Waals surface area contributed by atoms with Crippen LogP contribution in [0.1, 0.15) is 31.2 Å². The van der Waals surface area contributed by atoms with Crippen molar-refractivity contribution in [1.29, 1.82) is 0 Å². The van der Waals surface area contributed by atoms with Gasteiger partial charge >= 0.3 is 0 Å². The molecule has 1 saturated carbocycles. The summed E-state index contributed by atoms with van der Waals surface area (Å²) in [5.41, 5.74) is -0.605. The lowest BCUT2D eigenvalue weighted by Crippen LogP contribution is -2.55. The van der Waals surface area contributed by atoms with E-state index in [0.717, 1.165) is 12.8 Å². The number of carbonyl (C=O) groups excluding carboxylic acids is 1. The zero-order valence-electron chi connectivity index (χ0n) is 14.8. The fourth-order valence-electron chi connectivity index (χ4n) is 3.90. The van der Waals surface area contributed by atoms with Gasteiger partial charge in [-0.3, -0.25) is 4.79 Å². The highest BCUT2D eigenvalue weighted by Gasteiger charge is 2.51. The number of rotatable bonds is 3. The monoisotopic (exact) mass is 382 g/mol. The third kappa shape index (κ3) is 2.93. The van der Waals surface area contributed by atoms with Crippen molar-refractivity contribution in [1.82, 2.24) is 9.21 Å². The van der Waals surface area contributed by atoms with Gasteiger partial charge in [0.2, 0.25) is 15.9 Å². The lowest BCUT2D eigenvalue weighted by atomic mass is 10.0. The first-order valence-corrected chi connectivity index (χ1v) is 10.5. The summed E-state index contributed by atoms with van der Waals surface area (Å²) in [6.45, 7) is 3.16. The molecule has 1 aliphatic carbocycles. The van der Waals surface area contributed by atoms with Crippen LogP contribution >= 0.6 is 0 Å². The molecule has 6 nitrogen and oxygen atoms in total. The molecule has 0 atom stereocenters. The molecule has 1 amide bonds. The van der Waals surface area contributed by atoms with Crippen molar-refractivity contribution in [2.45, 2.75) is 43.2 Å². The molecule has 1 aromatic rings. The molecule has 0 aromatic heterocycles. The number of hydrogen-bond acceptors (Lipinski definition) is 4. The molecule has 2 saturated heterocycles. The minimum Gasteiger partial charge on any atom is -0.358 e. The Morgan fingerprint density at radius 1 is 1.23 bits per heavy atom. The maximum Gasteiger partial charge on any atom is 0.245 e. The Bertz CT molecular complexity index is 830. The van der Waals surface area contributed by atoms with E-state index >= 15 is 0 Å². The highest BCUT2D eigenvalue weighted by molar-refractivity contribution is 7.89. The molecule has 2 aliphatic heterocycles. The lowest BCUT2D eigenvalue weighted by molar-refractivity contribution is -0.141. The minimum absolute atomic E-state index is 0.0813. The summed E-state index contributed by atoms with van der Waals surface area (Å²) in [4.78, 5) is 14.2. The Balaban J connectivity index is 1.56. The van der Waals surface area contributed by atoms with Gasteiger partial charge in [0.15, 0.2) is 0 Å². The van der Waals surface area contributed by atoms with Crippen LogP contribution in [0.5, 0.6) is 0 Å². The largest absolute Gasteiger partial charge is 0.358 e. The van der Waals surface area contributed by atoms with E-state index in [4.69, 9.17) is 4.74 Å². The van der Waals surface area contributed by atoms with Crippen molar-refractivity contribution in [2.75, 3.05) is 26.2 Å². The first-order chi connectivity index (χ1) is 12.3. The maximum atomic E-state index is 13.5. The number of hydrogen-bond donors (Lipinski definition) is 0. The van der Waals surface area contributed by atoms with Crippen molar-refractivity contribution in [2.24, 2.45) is 5.92 Å². The molecule has 1 spiro atoms. The molecule has 0 radical (unpaired) electrons. The third-order valence-electron chi connectivity index (χ3n) is 5.62. The molecule has 0 bridgehead atoms. The van der Waals surface area contributed by atoms with Gasteiger partial charge in [-0.05, 0) is 43.5 Å². The summed E-state index contributed by atoms with van der Waals surface area (Å²) >= 11 is 0. The normalized spacial score (nSPS) is 23.5. The molecule has 142 valence electrons. The Morgan fingerprint density at radius 3 is 2.54 bits per heavy atom. The highest BCUT2D eigenvalue weighted by Crippen LogP contribution is 2.40. The number of piperidine rings is 1. The van der Waals surface area contributed by atoms with Gasteiger partial charge in [-0.25, -0.2) is 12.8 Å². The van der Waals surface area contributed by atoms with Crippen LogP contribution in [0, 0.1) is 18.7 Å². The Morgan fingerprint density at radius 2 is 1.92 bits per heavy atom. The number of ether oxygens (including phenoxy) is 1. The first kappa shape index (κ1) is 17.9. The molecule has 3 fully saturated rings. The first-order valence-electron chi connectivity index (χ1n) is 9.05. The van der Waals surface area contributed by atoms with E-state index in [1.807, 2.05) is 4.90 Å². The predicted molar refractivity (Wildman–Crippen MR) is 92.2 cm³/mol. The van der Waals surface area contributed by atoms with E-state index in [1.165, 1.54) is 22.5 Å². The van der Waals surface area contributed by atoms with Gasteiger partial charge in [0.05, 0.1) is 11.5 Å². The molecule has 4 rings (SSSR count). The SMILES string of the molecule is Cc1cc(S(=O)(=O)N2CCOC23CCN(C(=O)C2CC2)CC3)ccc1F. The van der Waals surface area contributed by atoms with E-state index in [9.17, 15) is 17.6 Å². The molecular weight excluding hydrogens is 359 g/mol. The third-order valence-corrected chi connectivity index (χ3v) is 7.57. The number of nitrogens with zero attached hydrogens (tertiary/aromatic N) is 2. The maximum absolute atomic E-state index is 13.5. The Labute approximate surface area is 153 Å². The number of amides is 1. The van der Waals surface area contributed by atoms with Crippen LogP contribution in [-0.2, 0) is 19.6 Å². The standard InChI is InChI=1S/C18H23FN2O4S/c1-13-12-15(4-5-16(13)19)26(23,24)21-10-11-25-18(21)6-8-20(9-7-18)17(22)14-2-3-14/h4-5,12,14H,2-3,6-11H2,1H3. The van der Waals surface area contributed by atoms with Gasteiger partial charge in [-0.1, -0.05) is 0 Å². The molecule has 2 heterocycles. The summed E-state index contributed by atoms with van der Waals surface area (Å²) in [6.07, 6.45) is 2.85. The van der Waals surface area contributed by atoms with Gasteiger partial charge in [-0.2, -0.15) is 4.31 Å². The molecule has 0 unspecified atom stereocenters. The van der Waals surface area contributed by atoms with Crippen LogP contribution in [0.15, 0.2) is 23.1 Å². The number of aryl methyl sites for hydroxylation is 1. The smallest absolute Gasteiger partial charge is 0.245 e. The average molecular weight is 382 g/mol. The zero-order valence-corrected chi connectivity index (χ0v) is 15.6. The van der Waals surface area contributed by atoms with E-state index in [-0.39, 0.29) is 23.3 Å². The topological polar surface area (TPSA) is 66.9 Å². The summed E-state index contributed by atoms with van der Waals surface area (Å²) in [5.74, 6) is -0.0831. The Hall–Kier alpha value is -1.51. The van der Waals surface area contributed by atoms with Crippen LogP contribution in [0.3, 0.4) is 0 Å². The number of sulfonamides is 1. The number of halogens is 1. The number of benzene rings is 1. The quantitative estimate of drug-likeness (QED) is 0.801. The second kappa shape index (κ2) is 6.28. The average Bonchev–Trinajstić information content (AvgIpc) is 3.39. The summed E-state index contributed by atoms with van der Waals surface area (Å²) in [7, 11) is -3.79. The summed E-state index contributed by atoms with van der Waals surface area (Å²) in [5, 5.41) is 0. The van der Waals surface area contributed by atoms with Gasteiger partial charge < -0.3 is 9.64 Å². The fourth-order valence-corrected chi connectivity index (χ4v) is 5.71. The van der Waals surface area contributed by atoms with E-state index in [2.05, 4.69) is 0 Å². The second-order valence-corrected chi connectivity index (χ2v) is 9.24. The van der Waals surface area contributed by atoms with Crippen molar-refractivity contribution in [3.05, 3.63) is 29.6 Å². The molecule has 1 aromatic carbocycles. The van der Waals surface area contributed by atoms with Crippen LogP contribution in [-0.4, -0.2) is 55.5 Å². The van der Waals surface area contributed by atoms with Crippen LogP contribution in [0.4, 0.5) is 4.39 Å². The molecule has 3 aliphatic rings. The van der Waals surface area contributed by atoms with Crippen LogP contribution in [0.25, 0.3) is 0 Å². The Kier molecular flexibility index (Phi) is 4.32. The summed E-state index contributed by atoms with van der Waals surface area (Å²) < 4.78 is 47.1. The summed E-state index contributed by atoms with van der Waals surface area (Å²) in [6, 6.07) is 3.85. The van der Waals surface area contributed by atoms with E-state index < -0.39 is 21.6 Å². The predicted octanol–water partition coefficient (Wildman–Crippen LogP) is 1.88. The highest BCUT2D eigenvalue weighted by atomic mass is 32.2. The molecule has 8 heteroatoms. The fraction of sp³-hybridized carbons (Fsp3) is 0.611. The number of likely N-dealkylation sites (tertiary alicyclic amines) is 1. The minimum atomic E-state index is -3.79. The van der Waals surface area contributed by atoms with Gasteiger partial charge in [0, 0.05) is 38.4 Å². The second-order valence-electron chi connectivity index (χ2n) is 7.38. The van der Waals surface area contributed by atoms with Gasteiger partial charge in [-0.15, -0.1) is 0 Å². The molecule has 26 heavy (non-hydrogen) atoms.